The predicted molar refractivity (Wildman–Crippen MR) is 134 cm³/mol. The van der Waals surface area contributed by atoms with Crippen LogP contribution in [-0.2, 0) is 4.79 Å². The largest absolute Gasteiger partial charge is 0.497 e. The molecular weight excluding hydrogens is 432 g/mol. The third-order valence-corrected chi connectivity index (χ3v) is 5.87. The molecule has 0 unspecified atom stereocenters. The first kappa shape index (κ1) is 25.1. The maximum Gasteiger partial charge on any atom is 0.321 e. The first-order chi connectivity index (χ1) is 16.5. The minimum absolute atomic E-state index is 0.0426. The van der Waals surface area contributed by atoms with Crippen molar-refractivity contribution in [1.82, 2.24) is 14.7 Å². The molecule has 8 nitrogen and oxygen atoms in total. The molecule has 3 rings (SSSR count). The van der Waals surface area contributed by atoms with E-state index in [9.17, 15) is 9.59 Å². The number of amides is 3. The molecule has 0 spiro atoms. The van der Waals surface area contributed by atoms with E-state index in [0.29, 0.717) is 37.6 Å². The Labute approximate surface area is 201 Å². The molecular formula is C26H34N4O4. The molecule has 2 aromatic rings. The summed E-state index contributed by atoms with van der Waals surface area (Å²) in [6, 6.07) is 15.0. The first-order valence-electron chi connectivity index (χ1n) is 11.5. The van der Waals surface area contributed by atoms with E-state index in [4.69, 9.17) is 9.47 Å². The van der Waals surface area contributed by atoms with Gasteiger partial charge in [-0.1, -0.05) is 36.4 Å². The minimum Gasteiger partial charge on any atom is -0.497 e. The van der Waals surface area contributed by atoms with Gasteiger partial charge in [0.15, 0.2) is 0 Å². The Morgan fingerprint density at radius 2 is 1.79 bits per heavy atom. The summed E-state index contributed by atoms with van der Waals surface area (Å²) in [5.41, 5.74) is 1.70. The third kappa shape index (κ3) is 7.25. The topological polar surface area (TPSA) is 74.3 Å². The number of anilines is 1. The number of benzene rings is 2. The molecule has 3 amide bonds. The van der Waals surface area contributed by atoms with Gasteiger partial charge in [0.05, 0.1) is 14.2 Å². The predicted octanol–water partition coefficient (Wildman–Crippen LogP) is 3.42. The molecule has 1 heterocycles. The number of carbonyl (C=O) groups is 2. The quantitative estimate of drug-likeness (QED) is 0.613. The lowest BCUT2D eigenvalue weighted by molar-refractivity contribution is -0.128. The van der Waals surface area contributed by atoms with Crippen molar-refractivity contribution in [3.05, 3.63) is 60.2 Å². The van der Waals surface area contributed by atoms with E-state index < -0.39 is 0 Å². The van der Waals surface area contributed by atoms with Gasteiger partial charge in [-0.3, -0.25) is 9.69 Å². The highest BCUT2D eigenvalue weighted by Gasteiger charge is 2.21. The Kier molecular flexibility index (Phi) is 9.34. The van der Waals surface area contributed by atoms with Crippen molar-refractivity contribution in [2.24, 2.45) is 0 Å². The van der Waals surface area contributed by atoms with Crippen LogP contribution in [-0.4, -0.2) is 86.7 Å². The Balaban J connectivity index is 1.43. The van der Waals surface area contributed by atoms with Crippen LogP contribution in [0.15, 0.2) is 54.6 Å². The number of carbonyl (C=O) groups excluding carboxylic acids is 2. The fraction of sp³-hybridized carbons (Fsp3) is 0.385. The van der Waals surface area contributed by atoms with Crippen LogP contribution in [0.25, 0.3) is 6.08 Å². The molecule has 0 saturated carbocycles. The van der Waals surface area contributed by atoms with Crippen LogP contribution in [0.2, 0.25) is 0 Å². The average molecular weight is 467 g/mol. The molecule has 2 aromatic carbocycles. The van der Waals surface area contributed by atoms with Crippen molar-refractivity contribution in [2.75, 3.05) is 65.3 Å². The summed E-state index contributed by atoms with van der Waals surface area (Å²) in [6.45, 7) is 6.37. The van der Waals surface area contributed by atoms with Gasteiger partial charge in [0, 0.05) is 70.1 Å². The minimum atomic E-state index is -0.111. The summed E-state index contributed by atoms with van der Waals surface area (Å²) >= 11 is 0. The average Bonchev–Trinajstić information content (AvgIpc) is 2.86. The molecule has 0 atom stereocenters. The van der Waals surface area contributed by atoms with E-state index in [0.717, 1.165) is 30.9 Å². The van der Waals surface area contributed by atoms with Gasteiger partial charge in [-0.05, 0) is 18.2 Å². The van der Waals surface area contributed by atoms with Gasteiger partial charge in [0.2, 0.25) is 5.91 Å². The smallest absolute Gasteiger partial charge is 0.321 e. The van der Waals surface area contributed by atoms with Gasteiger partial charge in [0.25, 0.3) is 0 Å². The second-order valence-corrected chi connectivity index (χ2v) is 8.10. The number of methoxy groups -OCH3 is 2. The van der Waals surface area contributed by atoms with Crippen LogP contribution in [0.3, 0.4) is 0 Å². The molecule has 0 aromatic heterocycles. The normalized spacial score (nSPS) is 14.1. The number of nitrogens with zero attached hydrogens (tertiary/aromatic N) is 3. The summed E-state index contributed by atoms with van der Waals surface area (Å²) in [6.07, 6.45) is 3.97. The Morgan fingerprint density at radius 1 is 1.03 bits per heavy atom. The number of piperazine rings is 1. The number of hydrogen-bond acceptors (Lipinski definition) is 5. The van der Waals surface area contributed by atoms with Gasteiger partial charge in [-0.25, -0.2) is 4.79 Å². The van der Waals surface area contributed by atoms with Crippen molar-refractivity contribution >= 4 is 23.7 Å². The molecule has 0 aliphatic carbocycles. The highest BCUT2D eigenvalue weighted by atomic mass is 16.5. The van der Waals surface area contributed by atoms with E-state index in [1.54, 1.807) is 27.2 Å². The summed E-state index contributed by atoms with van der Waals surface area (Å²) < 4.78 is 10.6. The lowest BCUT2D eigenvalue weighted by Crippen LogP contribution is -2.51. The zero-order valence-corrected chi connectivity index (χ0v) is 20.2. The SMILES string of the molecule is COc1cccc(NC(=O)N2CCN(CCN(C/C=C/c3ccccc3OC)C(C)=O)CC2)c1. The second kappa shape index (κ2) is 12.6. The molecule has 1 saturated heterocycles. The summed E-state index contributed by atoms with van der Waals surface area (Å²) in [7, 11) is 3.25. The molecule has 1 aliphatic heterocycles. The Bertz CT molecular complexity index is 986. The van der Waals surface area contributed by atoms with Gasteiger partial charge in [0.1, 0.15) is 11.5 Å². The van der Waals surface area contributed by atoms with Crippen molar-refractivity contribution in [2.45, 2.75) is 6.92 Å². The first-order valence-corrected chi connectivity index (χ1v) is 11.5. The Hall–Kier alpha value is -3.52. The number of nitrogens with one attached hydrogen (secondary N) is 1. The number of rotatable bonds is 9. The fourth-order valence-corrected chi connectivity index (χ4v) is 3.83. The van der Waals surface area contributed by atoms with Crippen molar-refractivity contribution in [1.29, 1.82) is 0 Å². The van der Waals surface area contributed by atoms with E-state index >= 15 is 0 Å². The lowest BCUT2D eigenvalue weighted by Gasteiger charge is -2.35. The van der Waals surface area contributed by atoms with Gasteiger partial charge >= 0.3 is 6.03 Å². The van der Waals surface area contributed by atoms with Crippen LogP contribution in [0.5, 0.6) is 11.5 Å². The molecule has 1 aliphatic rings. The maximum absolute atomic E-state index is 12.6. The number of ether oxygens (including phenoxy) is 2. The molecule has 34 heavy (non-hydrogen) atoms. The van der Waals surface area contributed by atoms with Gasteiger partial charge in [-0.15, -0.1) is 0 Å². The molecule has 0 bridgehead atoms. The van der Waals surface area contributed by atoms with Crippen LogP contribution in [0.1, 0.15) is 12.5 Å². The maximum atomic E-state index is 12.6. The number of para-hydroxylation sites is 1. The molecule has 182 valence electrons. The molecule has 8 heteroatoms. The molecule has 0 radical (unpaired) electrons. The number of hydrogen-bond donors (Lipinski definition) is 1. The summed E-state index contributed by atoms with van der Waals surface area (Å²) in [4.78, 5) is 30.6. The highest BCUT2D eigenvalue weighted by molar-refractivity contribution is 5.89. The standard InChI is InChI=1S/C26H34N4O4/c1-21(31)29(13-7-9-22-8-4-5-12-25(22)34-3)17-14-28-15-18-30(19-16-28)26(32)27-23-10-6-11-24(20-23)33-2/h4-12,20H,13-19H2,1-3H3,(H,27,32)/b9-7+. The Morgan fingerprint density at radius 3 is 2.50 bits per heavy atom. The van der Waals surface area contributed by atoms with Crippen LogP contribution in [0, 0.1) is 0 Å². The highest BCUT2D eigenvalue weighted by Crippen LogP contribution is 2.19. The van der Waals surface area contributed by atoms with E-state index in [1.807, 2.05) is 64.4 Å². The van der Waals surface area contributed by atoms with Gasteiger partial charge in [-0.2, -0.15) is 0 Å². The van der Waals surface area contributed by atoms with Crippen LogP contribution >= 0.6 is 0 Å². The van der Waals surface area contributed by atoms with Crippen LogP contribution < -0.4 is 14.8 Å². The van der Waals surface area contributed by atoms with Crippen molar-refractivity contribution < 1.29 is 19.1 Å². The molecule has 1 fully saturated rings. The monoisotopic (exact) mass is 466 g/mol. The number of urea groups is 1. The summed E-state index contributed by atoms with van der Waals surface area (Å²) in [5.74, 6) is 1.55. The second-order valence-electron chi connectivity index (χ2n) is 8.10. The molecule has 1 N–H and O–H groups in total. The van der Waals surface area contributed by atoms with Crippen molar-refractivity contribution in [3.63, 3.8) is 0 Å². The van der Waals surface area contributed by atoms with Gasteiger partial charge < -0.3 is 24.6 Å². The zero-order chi connectivity index (χ0) is 24.3. The van der Waals surface area contributed by atoms with E-state index in [2.05, 4.69) is 10.2 Å². The zero-order valence-electron chi connectivity index (χ0n) is 20.2. The van der Waals surface area contributed by atoms with E-state index in [1.165, 1.54) is 0 Å². The van der Waals surface area contributed by atoms with E-state index in [-0.39, 0.29) is 11.9 Å². The third-order valence-electron chi connectivity index (χ3n) is 5.87. The van der Waals surface area contributed by atoms with Crippen LogP contribution in [0.4, 0.5) is 10.5 Å². The lowest BCUT2D eigenvalue weighted by atomic mass is 10.2. The fourth-order valence-electron chi connectivity index (χ4n) is 3.83. The van der Waals surface area contributed by atoms with Crippen molar-refractivity contribution in [3.8, 4) is 11.5 Å². The summed E-state index contributed by atoms with van der Waals surface area (Å²) in [5, 5.41) is 2.93.